The van der Waals surface area contributed by atoms with Crippen LogP contribution in [0.5, 0.6) is 11.5 Å². The number of rotatable bonds is 17. The molecule has 1 saturated heterocycles. The van der Waals surface area contributed by atoms with E-state index in [2.05, 4.69) is 61.3 Å². The summed E-state index contributed by atoms with van der Waals surface area (Å²) < 4.78 is 55.6. The van der Waals surface area contributed by atoms with Gasteiger partial charge in [-0.2, -0.15) is 4.98 Å². The molecule has 0 bridgehead atoms. The van der Waals surface area contributed by atoms with Crippen molar-refractivity contribution in [2.75, 3.05) is 44.7 Å². The van der Waals surface area contributed by atoms with Crippen LogP contribution in [0.15, 0.2) is 109 Å². The third-order valence-electron chi connectivity index (χ3n) is 11.6. The number of hydrogen-bond donors (Lipinski definition) is 3. The molecule has 7 aromatic rings. The third-order valence-corrected chi connectivity index (χ3v) is 13.0. The Labute approximate surface area is 458 Å². The fourth-order valence-electron chi connectivity index (χ4n) is 7.85. The lowest BCUT2D eigenvalue weighted by atomic mass is 9.84. The maximum atomic E-state index is 13.4. The first-order valence-corrected chi connectivity index (χ1v) is 26.3. The number of benzene rings is 3. The van der Waals surface area contributed by atoms with Gasteiger partial charge in [0.15, 0.2) is 41.4 Å². The summed E-state index contributed by atoms with van der Waals surface area (Å²) in [5.41, 5.74) is 0.553. The van der Waals surface area contributed by atoms with E-state index in [1.807, 2.05) is 89.4 Å². The molecular formula is C54H72N11O13P. The Balaban J connectivity index is 0.000000218. The maximum absolute atomic E-state index is 13.4. The van der Waals surface area contributed by atoms with Crippen LogP contribution in [-0.2, 0) is 48.3 Å². The molecule has 25 heteroatoms. The van der Waals surface area contributed by atoms with Crippen molar-refractivity contribution in [1.82, 2.24) is 39.0 Å². The molecule has 5 atom stereocenters. The van der Waals surface area contributed by atoms with Crippen LogP contribution in [0.3, 0.4) is 0 Å². The Hall–Kier alpha value is -7.47. The minimum atomic E-state index is -4.06. The van der Waals surface area contributed by atoms with Gasteiger partial charge in [0.25, 0.3) is 23.1 Å². The van der Waals surface area contributed by atoms with Crippen LogP contribution in [-0.4, -0.2) is 108 Å². The molecule has 426 valence electrons. The van der Waals surface area contributed by atoms with Crippen molar-refractivity contribution >= 4 is 59.4 Å². The molecule has 3 N–H and O–H groups in total. The van der Waals surface area contributed by atoms with Gasteiger partial charge in [-0.05, 0) is 84.2 Å². The number of anilines is 2. The van der Waals surface area contributed by atoms with Gasteiger partial charge in [-0.1, -0.05) is 76.7 Å². The van der Waals surface area contributed by atoms with Gasteiger partial charge in [0.05, 0.1) is 35.9 Å². The monoisotopic (exact) mass is 1110 g/mol. The molecule has 0 aliphatic carbocycles. The molecule has 1 fully saturated rings. The average molecular weight is 1110 g/mol. The number of H-pyrrole nitrogens is 1. The number of carbonyl (C=O) groups excluding carboxylic acids is 2. The number of nitro benzene ring substituents is 1. The zero-order chi connectivity index (χ0) is 57.0. The summed E-state index contributed by atoms with van der Waals surface area (Å²) >= 11 is 0. The van der Waals surface area contributed by atoms with Gasteiger partial charge in [-0.25, -0.2) is 24.5 Å². The molecule has 1 aliphatic rings. The number of hydrogen-bond acceptors (Lipinski definition) is 18. The second-order valence-electron chi connectivity index (χ2n) is 21.0. The summed E-state index contributed by atoms with van der Waals surface area (Å²) in [6, 6.07) is 24.4. The smallest absolute Gasteiger partial charge is 0.475 e. The normalized spacial score (nSPS) is 16.5. The van der Waals surface area contributed by atoms with Crippen LogP contribution in [0.1, 0.15) is 94.8 Å². The molecule has 0 saturated carbocycles. The van der Waals surface area contributed by atoms with Gasteiger partial charge in [-0.15, -0.1) is 0 Å². The Morgan fingerprint density at radius 2 is 1.34 bits per heavy atom. The van der Waals surface area contributed by atoms with Crippen molar-refractivity contribution in [3.63, 3.8) is 0 Å². The van der Waals surface area contributed by atoms with E-state index in [9.17, 15) is 29.1 Å². The Bertz CT molecular complexity index is 3240. The third kappa shape index (κ3) is 17.0. The van der Waals surface area contributed by atoms with Crippen molar-refractivity contribution in [3.8, 4) is 11.5 Å². The molecule has 3 aromatic carbocycles. The van der Waals surface area contributed by atoms with Crippen LogP contribution in [0, 0.1) is 15.5 Å². The summed E-state index contributed by atoms with van der Waals surface area (Å²) in [6.07, 6.45) is 3.21. The molecule has 0 radical (unpaired) electrons. The summed E-state index contributed by atoms with van der Waals surface area (Å²) in [6.45, 7) is 19.5. The molecular weight excluding hydrogens is 1040 g/mol. The largest absolute Gasteiger partial charge is 0.484 e. The Morgan fingerprint density at radius 1 is 0.797 bits per heavy atom. The fraction of sp³-hybridized carbons (Fsp3) is 0.444. The van der Waals surface area contributed by atoms with Crippen molar-refractivity contribution in [2.45, 2.75) is 119 Å². The summed E-state index contributed by atoms with van der Waals surface area (Å²) in [5.74, 6) is 0.935. The molecule has 4 aromatic heterocycles. The minimum Gasteiger partial charge on any atom is -0.484 e. The SMILES string of the molecule is C.CC(C)(C)n1cnc2c(=O)[nH]c(NC(=O)COc3ccccc3)nc21.CC(C)(C)n1cnc2c(NC(=O)COc3ccccc3)ncnc21.COC[C@H]1O[C@@H](C)CC1OP(=O)(OC)OC(c1ccccc1[N+](=O)[O-])C(C)(C)C. The first-order valence-electron chi connectivity index (χ1n) is 24.8. The quantitative estimate of drug-likeness (QED) is 0.0434. The van der Waals surface area contributed by atoms with Crippen LogP contribution < -0.4 is 25.7 Å². The van der Waals surface area contributed by atoms with E-state index < -0.39 is 47.9 Å². The van der Waals surface area contributed by atoms with Crippen LogP contribution >= 0.6 is 7.82 Å². The average Bonchev–Trinajstić information content (AvgIpc) is 4.13. The summed E-state index contributed by atoms with van der Waals surface area (Å²) in [4.78, 5) is 71.0. The number of nitrogens with zero attached hydrogens (tertiary/aromatic N) is 8. The highest BCUT2D eigenvalue weighted by molar-refractivity contribution is 7.48. The predicted molar refractivity (Wildman–Crippen MR) is 298 cm³/mol. The Morgan fingerprint density at radius 3 is 1.89 bits per heavy atom. The lowest BCUT2D eigenvalue weighted by Gasteiger charge is -2.33. The minimum absolute atomic E-state index is 0. The second kappa shape index (κ2) is 26.9. The number of amides is 2. The number of nitro groups is 1. The zero-order valence-corrected chi connectivity index (χ0v) is 46.7. The molecule has 2 amide bonds. The number of phosphoric acid groups is 1. The number of aromatic nitrogens is 8. The van der Waals surface area contributed by atoms with Gasteiger partial charge in [0, 0.05) is 37.8 Å². The predicted octanol–water partition coefficient (Wildman–Crippen LogP) is 9.79. The second-order valence-corrected chi connectivity index (χ2v) is 22.7. The van der Waals surface area contributed by atoms with Gasteiger partial charge in [0.1, 0.15) is 36.1 Å². The molecule has 79 heavy (non-hydrogen) atoms. The highest BCUT2D eigenvalue weighted by Crippen LogP contribution is 2.58. The van der Waals surface area contributed by atoms with E-state index in [0.717, 1.165) is 0 Å². The summed E-state index contributed by atoms with van der Waals surface area (Å²) in [7, 11) is -1.29. The number of phosphoric ester groups is 1. The lowest BCUT2D eigenvalue weighted by molar-refractivity contribution is -0.386. The lowest BCUT2D eigenvalue weighted by Crippen LogP contribution is -2.29. The van der Waals surface area contributed by atoms with Crippen LogP contribution in [0.25, 0.3) is 22.3 Å². The Kier molecular flexibility index (Phi) is 21.3. The number of para-hydroxylation sites is 3. The number of carbonyl (C=O) groups is 2. The topological polar surface area (TPSA) is 290 Å². The van der Waals surface area contributed by atoms with Crippen molar-refractivity contribution in [3.05, 3.63) is 130 Å². The van der Waals surface area contributed by atoms with E-state index in [1.54, 1.807) is 66.8 Å². The van der Waals surface area contributed by atoms with Gasteiger partial charge in [-0.3, -0.25) is 48.4 Å². The number of aromatic amines is 1. The first kappa shape index (κ1) is 62.4. The zero-order valence-electron chi connectivity index (χ0n) is 45.8. The van der Waals surface area contributed by atoms with Gasteiger partial charge < -0.3 is 33.4 Å². The van der Waals surface area contributed by atoms with E-state index >= 15 is 0 Å². The highest BCUT2D eigenvalue weighted by Gasteiger charge is 2.45. The van der Waals surface area contributed by atoms with Crippen molar-refractivity contribution in [2.24, 2.45) is 5.41 Å². The standard InChI is InChI=1S/C19H30NO8P.C17H19N5O3.C17H19N5O2.CH4/c1-13-11-16(17(26-13)12-24-5)27-29(23,25-6)28-18(19(2,3)4)14-9-7-8-10-15(14)20(21)22;1-17(2,3)22-10-18-13-14(22)20-16(21-15(13)24)19-12(23)9-25-11-7-5-4-6-8-11;1-17(2,3)22-11-20-14-15(18-10-19-16(14)22)21-13(23)9-24-12-7-5-4-6-8-12;/h7-10,13,16-18H,11-12H2,1-6H3;4-8,10H,9H2,1-3H3,(H2,19,20,21,23,24);4-8,10-11H,9H2,1-3H3,(H,18,19,21,23);1H4/t13-,16?,17+,18?,29?;;;/m0.../s1. The fourth-order valence-corrected chi connectivity index (χ4v) is 9.31. The van der Waals surface area contributed by atoms with E-state index in [1.165, 1.54) is 19.5 Å². The van der Waals surface area contributed by atoms with Gasteiger partial charge >= 0.3 is 7.82 Å². The number of methoxy groups -OCH3 is 1. The number of fused-ring (bicyclic) bond motifs is 2. The molecule has 5 heterocycles. The van der Waals surface area contributed by atoms with Crippen molar-refractivity contribution in [1.29, 1.82) is 0 Å². The van der Waals surface area contributed by atoms with Crippen LogP contribution in [0.2, 0.25) is 0 Å². The van der Waals surface area contributed by atoms with E-state index in [-0.39, 0.29) is 67.5 Å². The van der Waals surface area contributed by atoms with Crippen LogP contribution in [0.4, 0.5) is 17.5 Å². The van der Waals surface area contributed by atoms with E-state index in [4.69, 9.17) is 32.5 Å². The molecule has 1 aliphatic heterocycles. The molecule has 3 unspecified atom stereocenters. The van der Waals surface area contributed by atoms with Gasteiger partial charge in [0.2, 0.25) is 5.95 Å². The van der Waals surface area contributed by atoms with E-state index in [0.29, 0.717) is 46.1 Å². The first-order chi connectivity index (χ1) is 36.8. The maximum Gasteiger partial charge on any atom is 0.475 e. The summed E-state index contributed by atoms with van der Waals surface area (Å²) in [5, 5.41) is 16.8. The van der Waals surface area contributed by atoms with Crippen molar-refractivity contribution < 1.29 is 51.6 Å². The number of nitrogens with one attached hydrogen (secondary N) is 3. The molecule has 8 rings (SSSR count). The number of imidazole rings is 2. The highest BCUT2D eigenvalue weighted by atomic mass is 31.2. The molecule has 0 spiro atoms. The number of ether oxygens (including phenoxy) is 4. The molecule has 24 nitrogen and oxygen atoms in total.